The highest BCUT2D eigenvalue weighted by Gasteiger charge is 2.30. The molecule has 0 aliphatic heterocycles. The fraction of sp³-hybridized carbons (Fsp3) is 0.333. The van der Waals surface area contributed by atoms with Crippen LogP contribution in [0.25, 0.3) is 0 Å². The van der Waals surface area contributed by atoms with Gasteiger partial charge in [0.05, 0.1) is 11.8 Å². The maximum absolute atomic E-state index is 12.5. The number of thiophene rings is 1. The van der Waals surface area contributed by atoms with Gasteiger partial charge in [-0.2, -0.15) is 0 Å². The third-order valence-electron chi connectivity index (χ3n) is 3.78. The molecular weight excluding hydrogens is 386 g/mol. The highest BCUT2D eigenvalue weighted by molar-refractivity contribution is 7.14. The molecule has 2 heterocycles. The van der Waals surface area contributed by atoms with Crippen molar-refractivity contribution in [2.75, 3.05) is 5.32 Å². The summed E-state index contributed by atoms with van der Waals surface area (Å²) in [5.41, 5.74) is 5.40. The summed E-state index contributed by atoms with van der Waals surface area (Å²) in [5.74, 6) is -2.87. The van der Waals surface area contributed by atoms with Crippen molar-refractivity contribution >= 4 is 40.0 Å². The third-order valence-corrected chi connectivity index (χ3v) is 4.61. The lowest BCUT2D eigenvalue weighted by Crippen LogP contribution is -2.47. The average Bonchev–Trinajstić information content (AvgIpc) is 3.30. The van der Waals surface area contributed by atoms with Crippen LogP contribution in [0.2, 0.25) is 0 Å². The number of primary amides is 1. The normalized spacial score (nSPS) is 12.9. The van der Waals surface area contributed by atoms with Gasteiger partial charge in [0.25, 0.3) is 17.7 Å². The SMILES string of the molecule is CC(OC(=O)[C@@H](NC(=O)c1ccco1)C(C)C)C(=O)Nc1sccc1C(N)=O. The summed E-state index contributed by atoms with van der Waals surface area (Å²) < 4.78 is 10.2. The summed E-state index contributed by atoms with van der Waals surface area (Å²) in [7, 11) is 0. The van der Waals surface area contributed by atoms with Crippen molar-refractivity contribution in [2.24, 2.45) is 11.7 Å². The standard InChI is InChI=1S/C18H21N3O6S/c1-9(2)13(20-16(24)12-5-4-7-26-12)18(25)27-10(3)15(23)21-17-11(14(19)22)6-8-28-17/h4-10,13H,1-3H3,(H2,19,22)(H,20,24)(H,21,23)/t10?,13-/m0/s1. The highest BCUT2D eigenvalue weighted by Crippen LogP contribution is 2.23. The lowest BCUT2D eigenvalue weighted by Gasteiger charge is -2.22. The van der Waals surface area contributed by atoms with Gasteiger partial charge in [0.15, 0.2) is 11.9 Å². The molecule has 150 valence electrons. The number of amides is 3. The predicted molar refractivity (Wildman–Crippen MR) is 102 cm³/mol. The zero-order chi connectivity index (χ0) is 20.8. The summed E-state index contributed by atoms with van der Waals surface area (Å²) in [6.07, 6.45) is 0.187. The number of esters is 1. The first kappa shape index (κ1) is 21.2. The molecule has 0 saturated heterocycles. The quantitative estimate of drug-likeness (QED) is 0.570. The largest absolute Gasteiger partial charge is 0.459 e. The molecule has 0 spiro atoms. The average molecular weight is 407 g/mol. The number of carbonyl (C=O) groups excluding carboxylic acids is 4. The van der Waals surface area contributed by atoms with E-state index in [1.165, 1.54) is 25.3 Å². The van der Waals surface area contributed by atoms with Crippen LogP contribution in [0, 0.1) is 5.92 Å². The molecule has 2 atom stereocenters. The first-order valence-electron chi connectivity index (χ1n) is 8.43. The molecule has 9 nitrogen and oxygen atoms in total. The van der Waals surface area contributed by atoms with E-state index in [0.29, 0.717) is 0 Å². The van der Waals surface area contributed by atoms with E-state index in [4.69, 9.17) is 14.9 Å². The number of nitrogens with one attached hydrogen (secondary N) is 2. The molecule has 0 aromatic carbocycles. The van der Waals surface area contributed by atoms with Crippen LogP contribution < -0.4 is 16.4 Å². The Bertz CT molecular complexity index is 859. The number of ether oxygens (including phenoxy) is 1. The van der Waals surface area contributed by atoms with Gasteiger partial charge in [-0.1, -0.05) is 13.8 Å². The molecule has 0 aliphatic carbocycles. The van der Waals surface area contributed by atoms with Gasteiger partial charge in [0, 0.05) is 0 Å². The second kappa shape index (κ2) is 9.18. The molecule has 2 aromatic rings. The Kier molecular flexibility index (Phi) is 6.94. The van der Waals surface area contributed by atoms with Crippen LogP contribution >= 0.6 is 11.3 Å². The first-order chi connectivity index (χ1) is 13.2. The Morgan fingerprint density at radius 3 is 2.46 bits per heavy atom. The molecule has 2 rings (SSSR count). The Morgan fingerprint density at radius 1 is 1.18 bits per heavy atom. The van der Waals surface area contributed by atoms with Crippen LogP contribution in [0.5, 0.6) is 0 Å². The van der Waals surface area contributed by atoms with Crippen molar-refractivity contribution in [3.05, 3.63) is 41.2 Å². The number of carbonyl (C=O) groups is 4. The second-order valence-electron chi connectivity index (χ2n) is 6.27. The number of hydrogen-bond donors (Lipinski definition) is 3. The molecule has 1 unspecified atom stereocenters. The topological polar surface area (TPSA) is 141 Å². The number of furan rings is 1. The van der Waals surface area contributed by atoms with Gasteiger partial charge in [-0.05, 0) is 36.4 Å². The second-order valence-corrected chi connectivity index (χ2v) is 7.18. The number of nitrogens with two attached hydrogens (primary N) is 1. The van der Waals surface area contributed by atoms with Gasteiger partial charge in [-0.3, -0.25) is 14.4 Å². The summed E-state index contributed by atoms with van der Waals surface area (Å²) in [5, 5.41) is 6.91. The molecule has 4 N–H and O–H groups in total. The maximum Gasteiger partial charge on any atom is 0.329 e. The van der Waals surface area contributed by atoms with Gasteiger partial charge in [-0.15, -0.1) is 11.3 Å². The van der Waals surface area contributed by atoms with Crippen LogP contribution in [0.15, 0.2) is 34.3 Å². The van der Waals surface area contributed by atoms with Crippen molar-refractivity contribution in [1.29, 1.82) is 0 Å². The van der Waals surface area contributed by atoms with Gasteiger partial charge in [0.1, 0.15) is 11.0 Å². The molecule has 2 aromatic heterocycles. The van der Waals surface area contributed by atoms with E-state index in [1.54, 1.807) is 25.3 Å². The molecule has 3 amide bonds. The van der Waals surface area contributed by atoms with E-state index < -0.39 is 35.8 Å². The van der Waals surface area contributed by atoms with Crippen LogP contribution in [0.1, 0.15) is 41.7 Å². The van der Waals surface area contributed by atoms with Crippen LogP contribution in [-0.2, 0) is 14.3 Å². The van der Waals surface area contributed by atoms with E-state index >= 15 is 0 Å². The van der Waals surface area contributed by atoms with Crippen molar-refractivity contribution in [2.45, 2.75) is 32.9 Å². The van der Waals surface area contributed by atoms with Gasteiger partial charge in [0.2, 0.25) is 0 Å². The summed E-state index contributed by atoms with van der Waals surface area (Å²) in [6, 6.07) is 3.52. The minimum atomic E-state index is -1.16. The third kappa shape index (κ3) is 5.19. The van der Waals surface area contributed by atoms with Crippen molar-refractivity contribution in [3.63, 3.8) is 0 Å². The minimum absolute atomic E-state index is 0.0564. The van der Waals surface area contributed by atoms with Crippen LogP contribution in [0.4, 0.5) is 5.00 Å². The molecule has 0 fully saturated rings. The number of hydrogen-bond acceptors (Lipinski definition) is 7. The molecule has 0 saturated carbocycles. The Morgan fingerprint density at radius 2 is 1.89 bits per heavy atom. The van der Waals surface area contributed by atoms with E-state index in [-0.39, 0.29) is 22.2 Å². The van der Waals surface area contributed by atoms with Gasteiger partial charge in [-0.25, -0.2) is 4.79 Å². The van der Waals surface area contributed by atoms with E-state index in [9.17, 15) is 19.2 Å². The van der Waals surface area contributed by atoms with Gasteiger partial charge < -0.3 is 25.5 Å². The molecule has 0 aliphatic rings. The van der Waals surface area contributed by atoms with Crippen molar-refractivity contribution in [1.82, 2.24) is 5.32 Å². The first-order valence-corrected chi connectivity index (χ1v) is 9.31. The molecule has 28 heavy (non-hydrogen) atoms. The summed E-state index contributed by atoms with van der Waals surface area (Å²) >= 11 is 1.12. The Hall–Kier alpha value is -3.14. The highest BCUT2D eigenvalue weighted by atomic mass is 32.1. The van der Waals surface area contributed by atoms with Gasteiger partial charge >= 0.3 is 5.97 Å². The van der Waals surface area contributed by atoms with Crippen molar-refractivity contribution in [3.8, 4) is 0 Å². The maximum atomic E-state index is 12.5. The lowest BCUT2D eigenvalue weighted by molar-refractivity contribution is -0.156. The Labute approximate surface area is 165 Å². The minimum Gasteiger partial charge on any atom is -0.459 e. The number of anilines is 1. The molecular formula is C18H21N3O6S. The van der Waals surface area contributed by atoms with E-state index in [1.807, 2.05) is 0 Å². The Balaban J connectivity index is 1.99. The molecule has 0 bridgehead atoms. The monoisotopic (exact) mass is 407 g/mol. The van der Waals surface area contributed by atoms with Crippen LogP contribution in [0.3, 0.4) is 0 Å². The fourth-order valence-electron chi connectivity index (χ4n) is 2.23. The summed E-state index contributed by atoms with van der Waals surface area (Å²) in [6.45, 7) is 4.84. The smallest absolute Gasteiger partial charge is 0.329 e. The van der Waals surface area contributed by atoms with Crippen LogP contribution in [-0.4, -0.2) is 35.8 Å². The summed E-state index contributed by atoms with van der Waals surface area (Å²) in [4.78, 5) is 48.2. The molecule has 0 radical (unpaired) electrons. The number of rotatable bonds is 8. The van der Waals surface area contributed by atoms with E-state index in [2.05, 4.69) is 10.6 Å². The zero-order valence-electron chi connectivity index (χ0n) is 15.6. The lowest BCUT2D eigenvalue weighted by atomic mass is 10.0. The predicted octanol–water partition coefficient (Wildman–Crippen LogP) is 1.76. The molecule has 10 heteroatoms. The van der Waals surface area contributed by atoms with Crippen molar-refractivity contribution < 1.29 is 28.3 Å². The van der Waals surface area contributed by atoms with E-state index in [0.717, 1.165) is 11.3 Å². The zero-order valence-corrected chi connectivity index (χ0v) is 16.4. The fourth-order valence-corrected chi connectivity index (χ4v) is 3.03.